The fraction of sp³-hybridized carbons (Fsp3) is 0.0606. The minimum atomic E-state index is 0.396. The van der Waals surface area contributed by atoms with E-state index in [1.165, 1.54) is 28.7 Å². The largest absolute Gasteiger partial charge is 0.302 e. The van der Waals surface area contributed by atoms with Gasteiger partial charge in [-0.2, -0.15) is 5.26 Å². The number of pyridine rings is 1. The lowest BCUT2D eigenvalue weighted by atomic mass is 9.97. The van der Waals surface area contributed by atoms with Crippen LogP contribution in [0.2, 0.25) is 0 Å². The Morgan fingerprint density at radius 3 is 2.58 bits per heavy atom. The molecule has 3 aromatic heterocycles. The summed E-state index contributed by atoms with van der Waals surface area (Å²) in [5.41, 5.74) is 8.42. The average Bonchev–Trinajstić information content (AvgIpc) is 3.59. The fourth-order valence-corrected chi connectivity index (χ4v) is 7.08. The molecule has 0 radical (unpaired) electrons. The van der Waals surface area contributed by atoms with Crippen molar-refractivity contribution in [1.82, 2.24) is 8.96 Å². The van der Waals surface area contributed by atoms with E-state index in [0.29, 0.717) is 10.6 Å². The molecule has 0 saturated heterocycles. The van der Waals surface area contributed by atoms with Gasteiger partial charge in [0.1, 0.15) is 17.2 Å². The smallest absolute Gasteiger partial charge is 0.130 e. The van der Waals surface area contributed by atoms with E-state index in [4.69, 9.17) is 0 Å². The van der Waals surface area contributed by atoms with Gasteiger partial charge in [-0.15, -0.1) is 23.1 Å². The van der Waals surface area contributed by atoms with Crippen LogP contribution in [0.5, 0.6) is 0 Å². The molecule has 3 aromatic carbocycles. The van der Waals surface area contributed by atoms with Crippen LogP contribution in [0.3, 0.4) is 0 Å². The number of nitrogens with zero attached hydrogens (tertiary/aromatic N) is 3. The van der Waals surface area contributed by atoms with Crippen LogP contribution < -0.4 is 0 Å². The molecule has 0 aliphatic rings. The van der Waals surface area contributed by atoms with Crippen LogP contribution in [0.1, 0.15) is 10.4 Å². The van der Waals surface area contributed by atoms with Crippen LogP contribution in [-0.4, -0.2) is 21.0 Å². The lowest BCUT2D eigenvalue weighted by molar-refractivity contribution is -0.105. The fourth-order valence-electron chi connectivity index (χ4n) is 4.77. The first-order valence-corrected chi connectivity index (χ1v) is 15.3. The molecular weight excluding hydrogens is 551 g/mol. The van der Waals surface area contributed by atoms with E-state index in [2.05, 4.69) is 107 Å². The molecule has 0 amide bonds. The lowest BCUT2D eigenvalue weighted by Gasteiger charge is -2.14. The monoisotopic (exact) mass is 573 g/mol. The molecule has 0 atom stereocenters. The second-order valence-electron chi connectivity index (χ2n) is 9.18. The van der Waals surface area contributed by atoms with Gasteiger partial charge in [0.05, 0.1) is 17.0 Å². The van der Waals surface area contributed by atoms with Crippen LogP contribution >= 0.6 is 35.0 Å². The first-order chi connectivity index (χ1) is 19.7. The van der Waals surface area contributed by atoms with Crippen molar-refractivity contribution in [2.75, 3.05) is 5.75 Å². The minimum absolute atomic E-state index is 0.396. The van der Waals surface area contributed by atoms with Gasteiger partial charge in [0, 0.05) is 49.8 Å². The summed E-state index contributed by atoms with van der Waals surface area (Å²) in [4.78, 5) is 18.1. The average molecular weight is 574 g/mol. The highest BCUT2D eigenvalue weighted by Crippen LogP contribution is 2.46. The summed E-state index contributed by atoms with van der Waals surface area (Å²) in [6, 6.07) is 32.0. The number of thiophene rings is 1. The molecule has 6 aromatic rings. The van der Waals surface area contributed by atoms with Crippen LogP contribution in [0, 0.1) is 18.3 Å². The molecule has 0 fully saturated rings. The summed E-state index contributed by atoms with van der Waals surface area (Å²) in [7, 11) is 0. The number of benzene rings is 3. The van der Waals surface area contributed by atoms with Gasteiger partial charge in [-0.05, 0) is 66.2 Å². The molecule has 7 heteroatoms. The molecule has 0 aliphatic carbocycles. The molecule has 0 saturated carbocycles. The number of aldehydes is 1. The van der Waals surface area contributed by atoms with Crippen molar-refractivity contribution in [3.63, 3.8) is 0 Å². The second-order valence-corrected chi connectivity index (χ2v) is 12.2. The summed E-state index contributed by atoms with van der Waals surface area (Å²) >= 11 is 4.62. The van der Waals surface area contributed by atoms with Gasteiger partial charge in [-0.25, -0.2) is 0 Å². The van der Waals surface area contributed by atoms with E-state index in [-0.39, 0.29) is 0 Å². The standard InChI is InChI=1S/C33H23N3OS3/c1-22-9-11-26(12-10-22)40-36-30-8-3-2-7-28(30)32(29-13-15-39-31(29)19-34)33(36)24-6-4-5-23(17-24)25-18-27(21-35-20-25)38-16-14-37/h2-15,17-18,20-21H,16H2,1H3. The number of carbonyl (C=O) groups is 1. The van der Waals surface area contributed by atoms with Gasteiger partial charge in [0.25, 0.3) is 0 Å². The van der Waals surface area contributed by atoms with Crippen molar-refractivity contribution in [3.8, 4) is 39.6 Å². The van der Waals surface area contributed by atoms with Crippen LogP contribution in [0.15, 0.2) is 112 Å². The van der Waals surface area contributed by atoms with E-state index in [1.54, 1.807) is 18.1 Å². The van der Waals surface area contributed by atoms with E-state index in [9.17, 15) is 10.1 Å². The van der Waals surface area contributed by atoms with Gasteiger partial charge >= 0.3 is 0 Å². The number of carbonyl (C=O) groups excluding carboxylic acids is 1. The number of thioether (sulfide) groups is 1. The number of rotatable bonds is 8. The lowest BCUT2D eigenvalue weighted by Crippen LogP contribution is -1.93. The van der Waals surface area contributed by atoms with Gasteiger partial charge in [0.2, 0.25) is 0 Å². The molecule has 0 aliphatic heterocycles. The molecule has 6 rings (SSSR count). The first kappa shape index (κ1) is 26.1. The quantitative estimate of drug-likeness (QED) is 0.134. The predicted molar refractivity (Wildman–Crippen MR) is 168 cm³/mol. The summed E-state index contributed by atoms with van der Waals surface area (Å²) in [6.45, 7) is 2.09. The Kier molecular flexibility index (Phi) is 7.56. The van der Waals surface area contributed by atoms with Gasteiger partial charge < -0.3 is 4.79 Å². The zero-order chi connectivity index (χ0) is 27.5. The van der Waals surface area contributed by atoms with E-state index in [1.807, 2.05) is 11.6 Å². The maximum absolute atomic E-state index is 10.9. The SMILES string of the molecule is Cc1ccc(Sn2c(-c3cccc(-c4cncc(SCC=O)c4)c3)c(-c3ccsc3C#N)c3ccccc32)cc1. The minimum Gasteiger partial charge on any atom is -0.302 e. The zero-order valence-electron chi connectivity index (χ0n) is 21.6. The summed E-state index contributed by atoms with van der Waals surface area (Å²) < 4.78 is 2.29. The number of fused-ring (bicyclic) bond motifs is 1. The van der Waals surface area contributed by atoms with Crippen LogP contribution in [-0.2, 0) is 4.79 Å². The predicted octanol–water partition coefficient (Wildman–Crippen LogP) is 9.13. The van der Waals surface area contributed by atoms with Crippen LogP contribution in [0.4, 0.5) is 0 Å². The molecule has 0 bridgehead atoms. The third kappa shape index (κ3) is 5.09. The van der Waals surface area contributed by atoms with Crippen LogP contribution in [0.25, 0.3) is 44.4 Å². The van der Waals surface area contributed by atoms with Crippen molar-refractivity contribution < 1.29 is 4.79 Å². The van der Waals surface area contributed by atoms with Crippen molar-refractivity contribution in [3.05, 3.63) is 113 Å². The Hall–Kier alpha value is -4.09. The molecule has 40 heavy (non-hydrogen) atoms. The number of aromatic nitrogens is 2. The molecule has 0 spiro atoms. The van der Waals surface area contributed by atoms with Crippen molar-refractivity contribution >= 4 is 52.2 Å². The Morgan fingerprint density at radius 1 is 0.925 bits per heavy atom. The Balaban J connectivity index is 1.59. The Bertz CT molecular complexity index is 1880. The van der Waals surface area contributed by atoms with Crippen molar-refractivity contribution in [2.24, 2.45) is 0 Å². The highest BCUT2D eigenvalue weighted by atomic mass is 32.2. The highest BCUT2D eigenvalue weighted by molar-refractivity contribution is 7.99. The summed E-state index contributed by atoms with van der Waals surface area (Å²) in [6.07, 6.45) is 4.55. The topological polar surface area (TPSA) is 58.7 Å². The van der Waals surface area contributed by atoms with Gasteiger partial charge in [0.15, 0.2) is 0 Å². The Labute approximate surface area is 245 Å². The number of para-hydroxylation sites is 1. The van der Waals surface area contributed by atoms with Gasteiger partial charge in [-0.1, -0.05) is 54.1 Å². The number of nitriles is 1. The van der Waals surface area contributed by atoms with E-state index < -0.39 is 0 Å². The molecule has 0 unspecified atom stereocenters. The number of hydrogen-bond acceptors (Lipinski definition) is 6. The molecule has 3 heterocycles. The zero-order valence-corrected chi connectivity index (χ0v) is 24.0. The third-order valence-corrected chi connectivity index (χ3v) is 9.31. The van der Waals surface area contributed by atoms with Crippen molar-refractivity contribution in [2.45, 2.75) is 16.7 Å². The summed E-state index contributed by atoms with van der Waals surface area (Å²) in [5, 5.41) is 13.1. The molecule has 194 valence electrons. The molecule has 4 nitrogen and oxygen atoms in total. The first-order valence-electron chi connectivity index (χ1n) is 12.6. The van der Waals surface area contributed by atoms with E-state index in [0.717, 1.165) is 60.5 Å². The summed E-state index contributed by atoms with van der Waals surface area (Å²) in [5.74, 6) is 0.396. The van der Waals surface area contributed by atoms with Gasteiger partial charge in [-0.3, -0.25) is 8.96 Å². The number of aryl methyl sites for hydroxylation is 1. The maximum Gasteiger partial charge on any atom is 0.130 e. The third-order valence-electron chi connectivity index (χ3n) is 6.59. The molecule has 0 N–H and O–H groups in total. The van der Waals surface area contributed by atoms with Crippen molar-refractivity contribution in [1.29, 1.82) is 5.26 Å². The normalized spacial score (nSPS) is 11.0. The Morgan fingerprint density at radius 2 is 1.75 bits per heavy atom. The van der Waals surface area contributed by atoms with E-state index >= 15 is 0 Å². The second kappa shape index (κ2) is 11.6. The molecular formula is C33H23N3OS3. The number of hydrogen-bond donors (Lipinski definition) is 0. The maximum atomic E-state index is 10.9. The highest BCUT2D eigenvalue weighted by Gasteiger charge is 2.23.